The third kappa shape index (κ3) is 3.60. The van der Waals surface area contributed by atoms with Crippen LogP contribution in [0.3, 0.4) is 0 Å². The number of rotatable bonds is 3. The van der Waals surface area contributed by atoms with Crippen molar-refractivity contribution in [1.82, 2.24) is 10.3 Å². The normalized spacial score (nSPS) is 9.94. The number of anilines is 1. The van der Waals surface area contributed by atoms with Gasteiger partial charge in [0, 0.05) is 25.0 Å². The highest BCUT2D eigenvalue weighted by Gasteiger charge is 2.04. The Hall–Kier alpha value is -1.82. The maximum absolute atomic E-state index is 11.5. The molecular formula is C11H10BrN3O2. The number of nitrogens with zero attached hydrogens (tertiary/aromatic N) is 1. The minimum absolute atomic E-state index is 0.316. The number of carbonyl (C=O) groups is 1. The van der Waals surface area contributed by atoms with Crippen molar-refractivity contribution < 1.29 is 9.21 Å². The molecule has 0 saturated heterocycles. The predicted octanol–water partition coefficient (Wildman–Crippen LogP) is 2.76. The quantitative estimate of drug-likeness (QED) is 0.915. The average molecular weight is 296 g/mol. The van der Waals surface area contributed by atoms with Crippen molar-refractivity contribution in [3.05, 3.63) is 46.9 Å². The smallest absolute Gasteiger partial charge is 0.321 e. The summed E-state index contributed by atoms with van der Waals surface area (Å²) in [7, 11) is 0. The van der Waals surface area contributed by atoms with Gasteiger partial charge in [-0.1, -0.05) is 0 Å². The Morgan fingerprint density at radius 3 is 2.71 bits per heavy atom. The van der Waals surface area contributed by atoms with Crippen LogP contribution in [0.4, 0.5) is 10.7 Å². The molecule has 0 unspecified atom stereocenters. The zero-order valence-electron chi connectivity index (χ0n) is 8.81. The van der Waals surface area contributed by atoms with E-state index in [4.69, 9.17) is 4.42 Å². The van der Waals surface area contributed by atoms with Crippen LogP contribution >= 0.6 is 15.9 Å². The molecule has 0 aliphatic carbocycles. The van der Waals surface area contributed by atoms with Gasteiger partial charge in [0.25, 0.3) is 0 Å². The second kappa shape index (κ2) is 5.49. The number of aromatic nitrogens is 1. The molecule has 0 aromatic carbocycles. The van der Waals surface area contributed by atoms with E-state index in [0.29, 0.717) is 17.1 Å². The predicted molar refractivity (Wildman–Crippen MR) is 66.5 cm³/mol. The standard InChI is InChI=1S/C11H10BrN3O2/c12-9-1-2-10(17-9)15-11(16)14-7-8-3-5-13-6-4-8/h1-6H,7H2,(H2,14,15,16). The number of amides is 2. The molecule has 17 heavy (non-hydrogen) atoms. The monoisotopic (exact) mass is 295 g/mol. The lowest BCUT2D eigenvalue weighted by molar-refractivity contribution is 0.251. The van der Waals surface area contributed by atoms with Crippen LogP contribution < -0.4 is 10.6 Å². The molecule has 2 rings (SSSR count). The lowest BCUT2D eigenvalue weighted by atomic mass is 10.3. The van der Waals surface area contributed by atoms with Crippen LogP contribution in [0.2, 0.25) is 0 Å². The third-order valence-corrected chi connectivity index (χ3v) is 2.44. The number of halogens is 1. The van der Waals surface area contributed by atoms with Crippen LogP contribution in [0.15, 0.2) is 45.7 Å². The largest absolute Gasteiger partial charge is 0.434 e. The topological polar surface area (TPSA) is 67.2 Å². The Morgan fingerprint density at radius 1 is 1.29 bits per heavy atom. The van der Waals surface area contributed by atoms with Crippen molar-refractivity contribution in [3.63, 3.8) is 0 Å². The molecule has 2 aromatic heterocycles. The van der Waals surface area contributed by atoms with Crippen LogP contribution in [-0.4, -0.2) is 11.0 Å². The van der Waals surface area contributed by atoms with Crippen LogP contribution in [0.1, 0.15) is 5.56 Å². The fraction of sp³-hybridized carbons (Fsp3) is 0.0909. The van der Waals surface area contributed by atoms with Gasteiger partial charge < -0.3 is 9.73 Å². The Morgan fingerprint density at radius 2 is 2.06 bits per heavy atom. The van der Waals surface area contributed by atoms with Crippen LogP contribution in [0.5, 0.6) is 0 Å². The van der Waals surface area contributed by atoms with E-state index in [1.165, 1.54) is 0 Å². The SMILES string of the molecule is O=C(NCc1ccncc1)Nc1ccc(Br)o1. The zero-order chi connectivity index (χ0) is 12.1. The summed E-state index contributed by atoms with van der Waals surface area (Å²) >= 11 is 3.15. The first-order valence-corrected chi connectivity index (χ1v) is 5.72. The van der Waals surface area contributed by atoms with Crippen molar-refractivity contribution in [2.45, 2.75) is 6.54 Å². The molecule has 88 valence electrons. The maximum atomic E-state index is 11.5. The van der Waals surface area contributed by atoms with Gasteiger partial charge in [0.05, 0.1) is 0 Å². The van der Waals surface area contributed by atoms with E-state index in [1.807, 2.05) is 12.1 Å². The number of hydrogen-bond acceptors (Lipinski definition) is 3. The zero-order valence-corrected chi connectivity index (χ0v) is 10.4. The van der Waals surface area contributed by atoms with Gasteiger partial charge in [-0.3, -0.25) is 10.3 Å². The van der Waals surface area contributed by atoms with Gasteiger partial charge >= 0.3 is 6.03 Å². The van der Waals surface area contributed by atoms with E-state index >= 15 is 0 Å². The van der Waals surface area contributed by atoms with Crippen molar-refractivity contribution >= 4 is 27.8 Å². The van der Waals surface area contributed by atoms with Gasteiger partial charge in [-0.05, 0) is 39.7 Å². The molecule has 2 N–H and O–H groups in total. The van der Waals surface area contributed by atoms with Crippen molar-refractivity contribution in [2.24, 2.45) is 0 Å². The second-order valence-corrected chi connectivity index (χ2v) is 4.05. The van der Waals surface area contributed by atoms with E-state index in [1.54, 1.807) is 24.5 Å². The van der Waals surface area contributed by atoms with Crippen LogP contribution in [-0.2, 0) is 6.54 Å². The maximum Gasteiger partial charge on any atom is 0.321 e. The van der Waals surface area contributed by atoms with E-state index in [-0.39, 0.29) is 6.03 Å². The lowest BCUT2D eigenvalue weighted by Gasteiger charge is -2.05. The van der Waals surface area contributed by atoms with Crippen LogP contribution in [0.25, 0.3) is 0 Å². The molecule has 0 atom stereocenters. The third-order valence-electron chi connectivity index (χ3n) is 2.01. The van der Waals surface area contributed by atoms with E-state index in [2.05, 4.69) is 31.5 Å². The van der Waals surface area contributed by atoms with Crippen molar-refractivity contribution in [3.8, 4) is 0 Å². The summed E-state index contributed by atoms with van der Waals surface area (Å²) in [4.78, 5) is 15.4. The van der Waals surface area contributed by atoms with Gasteiger partial charge in [-0.2, -0.15) is 0 Å². The summed E-state index contributed by atoms with van der Waals surface area (Å²) in [6.45, 7) is 0.441. The summed E-state index contributed by atoms with van der Waals surface area (Å²) < 4.78 is 5.71. The highest BCUT2D eigenvalue weighted by Crippen LogP contribution is 2.17. The highest BCUT2D eigenvalue weighted by molar-refractivity contribution is 9.10. The summed E-state index contributed by atoms with van der Waals surface area (Å²) in [6.07, 6.45) is 3.36. The summed E-state index contributed by atoms with van der Waals surface area (Å²) in [5, 5.41) is 5.27. The Labute approximate surface area is 106 Å². The lowest BCUT2D eigenvalue weighted by Crippen LogP contribution is -2.27. The number of pyridine rings is 1. The molecule has 0 aliphatic heterocycles. The molecule has 0 saturated carbocycles. The van der Waals surface area contributed by atoms with E-state index in [9.17, 15) is 4.79 Å². The minimum atomic E-state index is -0.316. The summed E-state index contributed by atoms with van der Waals surface area (Å²) in [6, 6.07) is 6.73. The van der Waals surface area contributed by atoms with E-state index < -0.39 is 0 Å². The first-order chi connectivity index (χ1) is 8.24. The molecule has 2 amide bonds. The van der Waals surface area contributed by atoms with Crippen molar-refractivity contribution in [2.75, 3.05) is 5.32 Å². The van der Waals surface area contributed by atoms with Crippen LogP contribution in [0, 0.1) is 0 Å². The summed E-state index contributed by atoms with van der Waals surface area (Å²) in [5.41, 5.74) is 0.982. The molecule has 2 aromatic rings. The average Bonchev–Trinajstić information content (AvgIpc) is 2.73. The molecule has 6 heteroatoms. The van der Waals surface area contributed by atoms with Gasteiger partial charge in [-0.15, -0.1) is 0 Å². The van der Waals surface area contributed by atoms with Gasteiger partial charge in [0.15, 0.2) is 4.67 Å². The Bertz CT molecular complexity index is 498. The molecular weight excluding hydrogens is 286 g/mol. The molecule has 2 heterocycles. The Balaban J connectivity index is 1.82. The number of nitrogens with one attached hydrogen (secondary N) is 2. The van der Waals surface area contributed by atoms with Gasteiger partial charge in [0.2, 0.25) is 5.88 Å². The molecule has 5 nitrogen and oxygen atoms in total. The summed E-state index contributed by atoms with van der Waals surface area (Å²) in [5.74, 6) is 0.393. The molecule has 0 bridgehead atoms. The molecule has 0 fully saturated rings. The molecule has 0 aliphatic rings. The number of furan rings is 1. The fourth-order valence-electron chi connectivity index (χ4n) is 1.22. The van der Waals surface area contributed by atoms with Crippen molar-refractivity contribution in [1.29, 1.82) is 0 Å². The van der Waals surface area contributed by atoms with Gasteiger partial charge in [-0.25, -0.2) is 4.79 Å². The number of carbonyl (C=O) groups excluding carboxylic acids is 1. The first-order valence-electron chi connectivity index (χ1n) is 4.93. The second-order valence-electron chi connectivity index (χ2n) is 3.27. The number of hydrogen-bond donors (Lipinski definition) is 2. The minimum Gasteiger partial charge on any atom is -0.434 e. The van der Waals surface area contributed by atoms with Gasteiger partial charge in [0.1, 0.15) is 0 Å². The first kappa shape index (κ1) is 11.7. The molecule has 0 radical (unpaired) electrons. The Kier molecular flexibility index (Phi) is 3.77. The fourth-order valence-corrected chi connectivity index (χ4v) is 1.53. The number of urea groups is 1. The molecule has 0 spiro atoms. The highest BCUT2D eigenvalue weighted by atomic mass is 79.9. The van der Waals surface area contributed by atoms with E-state index in [0.717, 1.165) is 5.56 Å².